The van der Waals surface area contributed by atoms with E-state index < -0.39 is 5.97 Å². The summed E-state index contributed by atoms with van der Waals surface area (Å²) in [6.07, 6.45) is 3.59. The lowest BCUT2D eigenvalue weighted by Gasteiger charge is -2.05. The highest BCUT2D eigenvalue weighted by Gasteiger charge is 2.08. The second-order valence-electron chi connectivity index (χ2n) is 2.60. The topological polar surface area (TPSA) is 76.5 Å². The Labute approximate surface area is 70.0 Å². The van der Waals surface area contributed by atoms with Crippen molar-refractivity contribution in [2.24, 2.45) is 5.73 Å². The van der Waals surface area contributed by atoms with Crippen LogP contribution >= 0.6 is 0 Å². The predicted molar refractivity (Wildman–Crippen MR) is 42.5 cm³/mol. The first-order valence-corrected chi connectivity index (χ1v) is 3.69. The molecule has 4 heteroatoms. The first kappa shape index (κ1) is 8.80. The number of carboxylic acid groups (broad SMARTS) is 1. The summed E-state index contributed by atoms with van der Waals surface area (Å²) in [5, 5.41) is 8.38. The third-order valence-electron chi connectivity index (χ3n) is 1.64. The molecular formula is C8H11NO3. The van der Waals surface area contributed by atoms with Crippen molar-refractivity contribution in [3.05, 3.63) is 24.2 Å². The van der Waals surface area contributed by atoms with Crippen LogP contribution in [0.2, 0.25) is 0 Å². The number of aliphatic carboxylic acids is 1. The van der Waals surface area contributed by atoms with Crippen LogP contribution in [0.1, 0.15) is 24.4 Å². The minimum atomic E-state index is -0.825. The van der Waals surface area contributed by atoms with E-state index in [0.717, 1.165) is 5.56 Å². The van der Waals surface area contributed by atoms with E-state index in [9.17, 15) is 4.79 Å². The van der Waals surface area contributed by atoms with Gasteiger partial charge < -0.3 is 15.3 Å². The van der Waals surface area contributed by atoms with Crippen LogP contribution in [0.5, 0.6) is 0 Å². The molecule has 0 spiro atoms. The second-order valence-corrected chi connectivity index (χ2v) is 2.60. The zero-order valence-corrected chi connectivity index (χ0v) is 6.56. The summed E-state index contributed by atoms with van der Waals surface area (Å²) in [5.74, 6) is -0.825. The molecule has 4 nitrogen and oxygen atoms in total. The minimum Gasteiger partial charge on any atom is -0.481 e. The van der Waals surface area contributed by atoms with Gasteiger partial charge in [0.2, 0.25) is 0 Å². The summed E-state index contributed by atoms with van der Waals surface area (Å²) in [5.41, 5.74) is 6.51. The molecule has 0 unspecified atom stereocenters. The zero-order chi connectivity index (χ0) is 8.97. The lowest BCUT2D eigenvalue weighted by Crippen LogP contribution is -2.11. The van der Waals surface area contributed by atoms with Gasteiger partial charge in [-0.15, -0.1) is 0 Å². The maximum Gasteiger partial charge on any atom is 0.303 e. The Balaban J connectivity index is 2.39. The van der Waals surface area contributed by atoms with Crippen LogP contribution < -0.4 is 5.73 Å². The van der Waals surface area contributed by atoms with E-state index in [1.807, 2.05) is 0 Å². The first-order valence-electron chi connectivity index (χ1n) is 3.69. The summed E-state index contributed by atoms with van der Waals surface area (Å²) in [4.78, 5) is 10.2. The highest BCUT2D eigenvalue weighted by Crippen LogP contribution is 2.15. The van der Waals surface area contributed by atoms with Gasteiger partial charge in [-0.3, -0.25) is 4.79 Å². The standard InChI is InChI=1S/C8H11NO3/c9-7(1-2-8(10)11)6-3-4-12-5-6/h3-5,7H,1-2,9H2,(H,10,11)/t7-/m1/s1. The molecule has 0 saturated heterocycles. The van der Waals surface area contributed by atoms with E-state index in [2.05, 4.69) is 0 Å². The quantitative estimate of drug-likeness (QED) is 0.708. The van der Waals surface area contributed by atoms with E-state index in [1.165, 1.54) is 12.5 Å². The summed E-state index contributed by atoms with van der Waals surface area (Å²) in [6.45, 7) is 0. The number of carboxylic acids is 1. The lowest BCUT2D eigenvalue weighted by molar-refractivity contribution is -0.137. The zero-order valence-electron chi connectivity index (χ0n) is 6.56. The molecule has 0 saturated carbocycles. The molecule has 66 valence electrons. The monoisotopic (exact) mass is 169 g/mol. The summed E-state index contributed by atoms with van der Waals surface area (Å²) >= 11 is 0. The van der Waals surface area contributed by atoms with Gasteiger partial charge in [-0.25, -0.2) is 0 Å². The number of rotatable bonds is 4. The Kier molecular flexibility index (Phi) is 2.88. The lowest BCUT2D eigenvalue weighted by atomic mass is 10.1. The van der Waals surface area contributed by atoms with Crippen LogP contribution in [-0.4, -0.2) is 11.1 Å². The normalized spacial score (nSPS) is 12.8. The third-order valence-corrected chi connectivity index (χ3v) is 1.64. The van der Waals surface area contributed by atoms with E-state index in [1.54, 1.807) is 6.07 Å². The average Bonchev–Trinajstić information content (AvgIpc) is 2.51. The van der Waals surface area contributed by atoms with E-state index in [0.29, 0.717) is 6.42 Å². The van der Waals surface area contributed by atoms with Gasteiger partial charge in [0.15, 0.2) is 0 Å². The highest BCUT2D eigenvalue weighted by atomic mass is 16.4. The van der Waals surface area contributed by atoms with Crippen molar-refractivity contribution in [1.82, 2.24) is 0 Å². The van der Waals surface area contributed by atoms with Gasteiger partial charge in [0, 0.05) is 18.0 Å². The Hall–Kier alpha value is -1.29. The van der Waals surface area contributed by atoms with E-state index >= 15 is 0 Å². The van der Waals surface area contributed by atoms with Crippen molar-refractivity contribution in [3.8, 4) is 0 Å². The fourth-order valence-electron chi connectivity index (χ4n) is 0.932. The molecule has 1 heterocycles. The minimum absolute atomic E-state index is 0.0896. The number of nitrogens with two attached hydrogens (primary N) is 1. The van der Waals surface area contributed by atoms with Crippen LogP contribution in [0, 0.1) is 0 Å². The van der Waals surface area contributed by atoms with E-state index in [-0.39, 0.29) is 12.5 Å². The molecule has 3 N–H and O–H groups in total. The number of furan rings is 1. The molecule has 0 bridgehead atoms. The maximum atomic E-state index is 10.2. The Morgan fingerprint density at radius 1 is 1.75 bits per heavy atom. The van der Waals surface area contributed by atoms with Crippen molar-refractivity contribution in [3.63, 3.8) is 0 Å². The van der Waals surface area contributed by atoms with Crippen molar-refractivity contribution in [2.75, 3.05) is 0 Å². The molecule has 0 aliphatic rings. The smallest absolute Gasteiger partial charge is 0.303 e. The number of carbonyl (C=O) groups is 1. The summed E-state index contributed by atoms with van der Waals surface area (Å²) in [6, 6.07) is 1.51. The molecule has 12 heavy (non-hydrogen) atoms. The molecule has 1 atom stereocenters. The molecule has 0 radical (unpaired) electrons. The van der Waals surface area contributed by atoms with Gasteiger partial charge in [-0.05, 0) is 12.5 Å². The Morgan fingerprint density at radius 2 is 2.50 bits per heavy atom. The van der Waals surface area contributed by atoms with Crippen LogP contribution in [0.25, 0.3) is 0 Å². The molecule has 0 fully saturated rings. The van der Waals surface area contributed by atoms with Crippen LogP contribution in [0.4, 0.5) is 0 Å². The largest absolute Gasteiger partial charge is 0.481 e. The van der Waals surface area contributed by atoms with Crippen molar-refractivity contribution >= 4 is 5.97 Å². The Morgan fingerprint density at radius 3 is 3.00 bits per heavy atom. The van der Waals surface area contributed by atoms with Crippen molar-refractivity contribution in [1.29, 1.82) is 0 Å². The van der Waals surface area contributed by atoms with E-state index in [4.69, 9.17) is 15.3 Å². The fraction of sp³-hybridized carbons (Fsp3) is 0.375. The van der Waals surface area contributed by atoms with Crippen molar-refractivity contribution < 1.29 is 14.3 Å². The molecule has 0 aliphatic carbocycles. The molecule has 0 aromatic carbocycles. The molecule has 0 aliphatic heterocycles. The summed E-state index contributed by atoms with van der Waals surface area (Å²) in [7, 11) is 0. The maximum absolute atomic E-state index is 10.2. The first-order chi connectivity index (χ1) is 5.70. The van der Waals surface area contributed by atoms with Gasteiger partial charge in [0.25, 0.3) is 0 Å². The van der Waals surface area contributed by atoms with Gasteiger partial charge in [0.05, 0.1) is 12.5 Å². The fourth-order valence-corrected chi connectivity index (χ4v) is 0.932. The van der Waals surface area contributed by atoms with Crippen LogP contribution in [0.3, 0.4) is 0 Å². The van der Waals surface area contributed by atoms with Gasteiger partial charge in [0.1, 0.15) is 0 Å². The van der Waals surface area contributed by atoms with Gasteiger partial charge in [-0.2, -0.15) is 0 Å². The molecule has 1 rings (SSSR count). The SMILES string of the molecule is N[C@H](CCC(=O)O)c1ccoc1. The molecule has 1 aromatic rings. The Bertz CT molecular complexity index is 243. The summed E-state index contributed by atoms with van der Waals surface area (Å²) < 4.78 is 4.82. The van der Waals surface area contributed by atoms with Gasteiger partial charge >= 0.3 is 5.97 Å². The molecular weight excluding hydrogens is 158 g/mol. The third kappa shape index (κ3) is 2.39. The average molecular weight is 169 g/mol. The predicted octanol–water partition coefficient (Wildman–Crippen LogP) is 1.14. The van der Waals surface area contributed by atoms with Crippen LogP contribution in [0.15, 0.2) is 23.0 Å². The van der Waals surface area contributed by atoms with Crippen LogP contribution in [-0.2, 0) is 4.79 Å². The highest BCUT2D eigenvalue weighted by molar-refractivity contribution is 5.66. The molecule has 1 aromatic heterocycles. The van der Waals surface area contributed by atoms with Crippen molar-refractivity contribution in [2.45, 2.75) is 18.9 Å². The molecule has 0 amide bonds. The number of hydrogen-bond acceptors (Lipinski definition) is 3. The second kappa shape index (κ2) is 3.92. The number of hydrogen-bond donors (Lipinski definition) is 2. The van der Waals surface area contributed by atoms with Gasteiger partial charge in [-0.1, -0.05) is 0 Å².